The molecule has 3 N–H and O–H groups in total. The number of rotatable bonds is 4. The summed E-state index contributed by atoms with van der Waals surface area (Å²) < 4.78 is 22.5. The molecule has 1 aliphatic rings. The highest BCUT2D eigenvalue weighted by Crippen LogP contribution is 2.13. The summed E-state index contributed by atoms with van der Waals surface area (Å²) in [5.74, 6) is -0.372. The summed E-state index contributed by atoms with van der Waals surface area (Å²) in [6.45, 7) is -0.214. The number of anilines is 1. The van der Waals surface area contributed by atoms with E-state index in [1.54, 1.807) is 24.3 Å². The second-order valence-electron chi connectivity index (χ2n) is 4.98. The number of amides is 3. The van der Waals surface area contributed by atoms with E-state index in [0.717, 1.165) is 0 Å². The highest BCUT2D eigenvalue weighted by molar-refractivity contribution is 7.91. The Morgan fingerprint density at radius 2 is 1.91 bits per heavy atom. The zero-order valence-electron chi connectivity index (χ0n) is 11.6. The van der Waals surface area contributed by atoms with Crippen molar-refractivity contribution in [3.8, 4) is 0 Å². The minimum Gasteiger partial charge on any atom is -0.334 e. The van der Waals surface area contributed by atoms with Crippen LogP contribution in [0.3, 0.4) is 0 Å². The van der Waals surface area contributed by atoms with Crippen molar-refractivity contribution in [2.45, 2.75) is 12.5 Å². The first-order valence-electron chi connectivity index (χ1n) is 6.64. The topological polar surface area (TPSA) is 104 Å². The summed E-state index contributed by atoms with van der Waals surface area (Å²) in [4.78, 5) is 23.3. The summed E-state index contributed by atoms with van der Waals surface area (Å²) in [5, 5.41) is 8.07. The largest absolute Gasteiger partial charge is 0.334 e. The third kappa shape index (κ3) is 5.19. The summed E-state index contributed by atoms with van der Waals surface area (Å²) in [5.41, 5.74) is 0.568. The zero-order valence-corrected chi connectivity index (χ0v) is 13.2. The number of nitrogens with one attached hydrogen (secondary N) is 3. The number of sulfone groups is 1. The highest BCUT2D eigenvalue weighted by atomic mass is 35.5. The molecule has 1 heterocycles. The average molecular weight is 346 g/mol. The second kappa shape index (κ2) is 6.97. The first kappa shape index (κ1) is 16.6. The number of carbonyl (C=O) groups is 2. The predicted octanol–water partition coefficient (Wildman–Crippen LogP) is 0.765. The third-order valence-corrected chi connectivity index (χ3v) is 5.13. The third-order valence-electron chi connectivity index (χ3n) is 3.11. The molecule has 1 atom stereocenters. The lowest BCUT2D eigenvalue weighted by Crippen LogP contribution is -2.45. The molecule has 120 valence electrons. The van der Waals surface area contributed by atoms with Gasteiger partial charge in [0.25, 0.3) is 0 Å². The quantitative estimate of drug-likeness (QED) is 0.749. The summed E-state index contributed by atoms with van der Waals surface area (Å²) in [6, 6.07) is 5.60. The molecule has 0 bridgehead atoms. The lowest BCUT2D eigenvalue weighted by Gasteiger charge is -2.12. The van der Waals surface area contributed by atoms with Gasteiger partial charge in [-0.3, -0.25) is 4.79 Å². The van der Waals surface area contributed by atoms with Crippen molar-refractivity contribution in [3.63, 3.8) is 0 Å². The standard InChI is InChI=1S/C13H16ClN3O4S/c14-9-1-3-10(4-2-9)16-12(18)7-15-13(19)17-11-5-6-22(20,21)8-11/h1-4,11H,5-8H2,(H,16,18)(H2,15,17,19). The van der Waals surface area contributed by atoms with Gasteiger partial charge in [0.15, 0.2) is 9.84 Å². The summed E-state index contributed by atoms with van der Waals surface area (Å²) in [6.07, 6.45) is 0.396. The normalized spacial score (nSPS) is 19.4. The Labute approximate surface area is 133 Å². The van der Waals surface area contributed by atoms with E-state index in [1.165, 1.54) is 0 Å². The summed E-state index contributed by atoms with van der Waals surface area (Å²) >= 11 is 5.73. The Kier molecular flexibility index (Phi) is 5.25. The molecule has 0 aromatic heterocycles. The van der Waals surface area contributed by atoms with E-state index in [1.807, 2.05) is 0 Å². The SMILES string of the molecule is O=C(CNC(=O)NC1CCS(=O)(=O)C1)Nc1ccc(Cl)cc1. The van der Waals surface area contributed by atoms with Crippen LogP contribution in [0.4, 0.5) is 10.5 Å². The van der Waals surface area contributed by atoms with Crippen LogP contribution in [-0.4, -0.2) is 44.4 Å². The van der Waals surface area contributed by atoms with Gasteiger partial charge in [-0.05, 0) is 30.7 Å². The lowest BCUT2D eigenvalue weighted by atomic mass is 10.3. The molecule has 1 fully saturated rings. The molecule has 0 spiro atoms. The minimum absolute atomic E-state index is 0.0581. The van der Waals surface area contributed by atoms with Gasteiger partial charge in [0, 0.05) is 16.8 Å². The van der Waals surface area contributed by atoms with Crippen LogP contribution in [0.5, 0.6) is 0 Å². The predicted molar refractivity (Wildman–Crippen MR) is 83.7 cm³/mol. The summed E-state index contributed by atoms with van der Waals surface area (Å²) in [7, 11) is -3.05. The Balaban J connectivity index is 1.72. The van der Waals surface area contributed by atoms with E-state index in [-0.39, 0.29) is 18.1 Å². The first-order valence-corrected chi connectivity index (χ1v) is 8.84. The van der Waals surface area contributed by atoms with Gasteiger partial charge >= 0.3 is 6.03 Å². The molecule has 22 heavy (non-hydrogen) atoms. The maximum atomic E-state index is 11.7. The molecule has 3 amide bonds. The van der Waals surface area contributed by atoms with Crippen molar-refractivity contribution in [1.82, 2.24) is 10.6 Å². The fraction of sp³-hybridized carbons (Fsp3) is 0.385. The van der Waals surface area contributed by atoms with Gasteiger partial charge in [0.1, 0.15) is 0 Å². The Hall–Kier alpha value is -1.80. The number of benzene rings is 1. The number of hydrogen-bond donors (Lipinski definition) is 3. The molecular weight excluding hydrogens is 330 g/mol. The number of carbonyl (C=O) groups excluding carboxylic acids is 2. The molecule has 0 radical (unpaired) electrons. The number of hydrogen-bond acceptors (Lipinski definition) is 4. The van der Waals surface area contributed by atoms with Crippen molar-refractivity contribution in [2.75, 3.05) is 23.4 Å². The maximum Gasteiger partial charge on any atom is 0.315 e. The smallest absolute Gasteiger partial charge is 0.315 e. The number of halogens is 1. The van der Waals surface area contributed by atoms with E-state index in [0.29, 0.717) is 17.1 Å². The van der Waals surface area contributed by atoms with Crippen molar-refractivity contribution < 1.29 is 18.0 Å². The van der Waals surface area contributed by atoms with Crippen LogP contribution in [0.15, 0.2) is 24.3 Å². The van der Waals surface area contributed by atoms with Crippen LogP contribution < -0.4 is 16.0 Å². The van der Waals surface area contributed by atoms with E-state index in [4.69, 9.17) is 11.6 Å². The monoisotopic (exact) mass is 345 g/mol. The van der Waals surface area contributed by atoms with Crippen LogP contribution in [0, 0.1) is 0 Å². The van der Waals surface area contributed by atoms with E-state index in [9.17, 15) is 18.0 Å². The van der Waals surface area contributed by atoms with Crippen LogP contribution in [0.25, 0.3) is 0 Å². The van der Waals surface area contributed by atoms with Gasteiger partial charge < -0.3 is 16.0 Å². The average Bonchev–Trinajstić information content (AvgIpc) is 2.78. The molecule has 0 saturated carbocycles. The zero-order chi connectivity index (χ0) is 16.2. The number of urea groups is 1. The second-order valence-corrected chi connectivity index (χ2v) is 7.65. The van der Waals surface area contributed by atoms with Gasteiger partial charge in [0.05, 0.1) is 18.1 Å². The molecule has 7 nitrogen and oxygen atoms in total. The van der Waals surface area contributed by atoms with Crippen molar-refractivity contribution in [1.29, 1.82) is 0 Å². The van der Waals surface area contributed by atoms with Gasteiger partial charge in [-0.2, -0.15) is 0 Å². The van der Waals surface area contributed by atoms with Gasteiger partial charge in [-0.15, -0.1) is 0 Å². The fourth-order valence-corrected chi connectivity index (χ4v) is 3.84. The Bertz CT molecular complexity index is 660. The van der Waals surface area contributed by atoms with Crippen LogP contribution in [0.2, 0.25) is 5.02 Å². The maximum absolute atomic E-state index is 11.7. The molecule has 1 unspecified atom stereocenters. The van der Waals surface area contributed by atoms with Crippen LogP contribution in [-0.2, 0) is 14.6 Å². The molecule has 1 saturated heterocycles. The molecule has 1 aromatic rings. The highest BCUT2D eigenvalue weighted by Gasteiger charge is 2.28. The molecule has 1 aromatic carbocycles. The van der Waals surface area contributed by atoms with E-state index < -0.39 is 27.8 Å². The Morgan fingerprint density at radius 1 is 1.23 bits per heavy atom. The van der Waals surface area contributed by atoms with Gasteiger partial charge in [-0.1, -0.05) is 11.6 Å². The molecule has 0 aliphatic carbocycles. The van der Waals surface area contributed by atoms with Gasteiger partial charge in [-0.25, -0.2) is 13.2 Å². The molecular formula is C13H16ClN3O4S. The fourth-order valence-electron chi connectivity index (χ4n) is 2.04. The van der Waals surface area contributed by atoms with E-state index >= 15 is 0 Å². The van der Waals surface area contributed by atoms with E-state index in [2.05, 4.69) is 16.0 Å². The molecule has 2 rings (SSSR count). The first-order chi connectivity index (χ1) is 10.3. The van der Waals surface area contributed by atoms with Crippen molar-refractivity contribution in [2.24, 2.45) is 0 Å². The molecule has 9 heteroatoms. The van der Waals surface area contributed by atoms with Crippen molar-refractivity contribution in [3.05, 3.63) is 29.3 Å². The van der Waals surface area contributed by atoms with Crippen LogP contribution in [0.1, 0.15) is 6.42 Å². The molecule has 1 aliphatic heterocycles. The van der Waals surface area contributed by atoms with Crippen molar-refractivity contribution >= 4 is 39.1 Å². The van der Waals surface area contributed by atoms with Gasteiger partial charge in [0.2, 0.25) is 5.91 Å². The Morgan fingerprint density at radius 3 is 2.50 bits per heavy atom. The lowest BCUT2D eigenvalue weighted by molar-refractivity contribution is -0.115. The van der Waals surface area contributed by atoms with Crippen LogP contribution >= 0.6 is 11.6 Å². The minimum atomic E-state index is -3.05.